The molecule has 0 spiro atoms. The van der Waals surface area contributed by atoms with Gasteiger partial charge in [-0.15, -0.1) is 0 Å². The molecule has 0 saturated carbocycles. The van der Waals surface area contributed by atoms with E-state index in [4.69, 9.17) is 9.47 Å². The Morgan fingerprint density at radius 1 is 0.540 bits per heavy atom. The SMILES string of the molecule is Cc1ccc(N=Nc2ccc3c(c2)C(=O)NCCCCNC(=O)c2cc(N=Nc4ccc(C)cc4)ccc2OCc2cccc(n2)CO3)cc1. The molecule has 6 rings (SSSR count). The lowest BCUT2D eigenvalue weighted by molar-refractivity contribution is 0.0935. The van der Waals surface area contributed by atoms with Gasteiger partial charge in [-0.1, -0.05) is 41.5 Å². The quantitative estimate of drug-likeness (QED) is 0.184. The number of azo groups is 2. The van der Waals surface area contributed by atoms with Crippen LogP contribution in [0.25, 0.3) is 0 Å². The number of carbonyl (C=O) groups is 2. The van der Waals surface area contributed by atoms with Gasteiger partial charge in [-0.25, -0.2) is 0 Å². The number of carbonyl (C=O) groups excluding carboxylic acids is 2. The molecular formula is C39H37N7O4. The predicted octanol–water partition coefficient (Wildman–Crippen LogP) is 8.94. The zero-order valence-corrected chi connectivity index (χ0v) is 27.9. The number of benzene rings is 4. The van der Waals surface area contributed by atoms with Crippen LogP contribution >= 0.6 is 0 Å². The Balaban J connectivity index is 1.21. The van der Waals surface area contributed by atoms with Crippen LogP contribution in [0, 0.1) is 13.8 Å². The van der Waals surface area contributed by atoms with E-state index >= 15 is 0 Å². The van der Waals surface area contributed by atoms with E-state index in [1.807, 2.05) is 80.6 Å². The topological polar surface area (TPSA) is 139 Å². The van der Waals surface area contributed by atoms with Crippen LogP contribution in [0.4, 0.5) is 22.7 Å². The van der Waals surface area contributed by atoms with Gasteiger partial charge < -0.3 is 20.1 Å². The number of hydrogen-bond donors (Lipinski definition) is 2. The minimum atomic E-state index is -0.300. The van der Waals surface area contributed by atoms with Crippen LogP contribution in [-0.4, -0.2) is 29.9 Å². The molecule has 0 atom stereocenters. The van der Waals surface area contributed by atoms with Gasteiger partial charge in [0.25, 0.3) is 11.8 Å². The van der Waals surface area contributed by atoms with Crippen molar-refractivity contribution < 1.29 is 19.1 Å². The molecule has 11 nitrogen and oxygen atoms in total. The lowest BCUT2D eigenvalue weighted by Gasteiger charge is -2.13. The molecule has 0 aliphatic carbocycles. The number of rotatable bonds is 4. The number of hydrogen-bond acceptors (Lipinski definition) is 9. The van der Waals surface area contributed by atoms with E-state index in [-0.39, 0.29) is 25.0 Å². The highest BCUT2D eigenvalue weighted by Crippen LogP contribution is 2.29. The zero-order valence-electron chi connectivity index (χ0n) is 27.9. The van der Waals surface area contributed by atoms with Crippen molar-refractivity contribution in [1.82, 2.24) is 15.6 Å². The van der Waals surface area contributed by atoms with Gasteiger partial charge >= 0.3 is 0 Å². The number of nitrogens with one attached hydrogen (secondary N) is 2. The lowest BCUT2D eigenvalue weighted by atomic mass is 10.1. The molecule has 2 N–H and O–H groups in total. The normalized spacial score (nSPS) is 14.3. The molecule has 0 saturated heterocycles. The van der Waals surface area contributed by atoms with Crippen LogP contribution in [0.3, 0.4) is 0 Å². The van der Waals surface area contributed by atoms with Gasteiger partial charge in [0.2, 0.25) is 0 Å². The summed E-state index contributed by atoms with van der Waals surface area (Å²) in [5, 5.41) is 23.3. The Morgan fingerprint density at radius 2 is 0.940 bits per heavy atom. The molecule has 1 aromatic heterocycles. The van der Waals surface area contributed by atoms with Crippen LogP contribution in [0.5, 0.6) is 11.5 Å². The van der Waals surface area contributed by atoms with Crippen molar-refractivity contribution in [1.29, 1.82) is 0 Å². The summed E-state index contributed by atoms with van der Waals surface area (Å²) in [6, 6.07) is 31.2. The maximum absolute atomic E-state index is 13.4. The summed E-state index contributed by atoms with van der Waals surface area (Å²) in [5.74, 6) is 0.195. The maximum Gasteiger partial charge on any atom is 0.255 e. The van der Waals surface area contributed by atoms with Gasteiger partial charge in [0.15, 0.2) is 0 Å². The molecule has 1 aliphatic heterocycles. The van der Waals surface area contributed by atoms with Gasteiger partial charge in [-0.2, -0.15) is 20.5 Å². The minimum absolute atomic E-state index is 0.118. The van der Waals surface area contributed by atoms with E-state index < -0.39 is 0 Å². The second-order valence-electron chi connectivity index (χ2n) is 11.8. The Bertz CT molecular complexity index is 1880. The Labute approximate surface area is 290 Å². The van der Waals surface area contributed by atoms with Crippen molar-refractivity contribution in [3.8, 4) is 11.5 Å². The predicted molar refractivity (Wildman–Crippen MR) is 190 cm³/mol. The molecule has 0 unspecified atom stereocenters. The van der Waals surface area contributed by atoms with E-state index in [1.165, 1.54) is 0 Å². The first-order valence-corrected chi connectivity index (χ1v) is 16.4. The first kappa shape index (κ1) is 33.7. The summed E-state index contributed by atoms with van der Waals surface area (Å²) >= 11 is 0. The first-order chi connectivity index (χ1) is 24.4. The fourth-order valence-electron chi connectivity index (χ4n) is 5.06. The number of aromatic nitrogens is 1. The second kappa shape index (κ2) is 16.2. The van der Waals surface area contributed by atoms with Crippen LogP contribution < -0.4 is 20.1 Å². The average molecular weight is 668 g/mol. The smallest absolute Gasteiger partial charge is 0.255 e. The lowest BCUT2D eigenvalue weighted by Crippen LogP contribution is -2.27. The number of fused-ring (bicyclic) bond motifs is 4. The van der Waals surface area contributed by atoms with Crippen LogP contribution in [-0.2, 0) is 13.2 Å². The van der Waals surface area contributed by atoms with Gasteiger partial charge in [0, 0.05) is 13.1 Å². The fourth-order valence-corrected chi connectivity index (χ4v) is 5.06. The largest absolute Gasteiger partial charge is 0.486 e. The third kappa shape index (κ3) is 9.22. The Kier molecular flexibility index (Phi) is 10.9. The summed E-state index contributed by atoms with van der Waals surface area (Å²) in [7, 11) is 0. The number of aryl methyl sites for hydroxylation is 2. The minimum Gasteiger partial charge on any atom is -0.486 e. The molecule has 0 radical (unpaired) electrons. The molecule has 4 aromatic carbocycles. The highest BCUT2D eigenvalue weighted by Gasteiger charge is 2.17. The van der Waals surface area contributed by atoms with Crippen molar-refractivity contribution in [3.63, 3.8) is 0 Å². The van der Waals surface area contributed by atoms with Gasteiger partial charge in [-0.05, 0) is 99.5 Å². The third-order valence-corrected chi connectivity index (χ3v) is 7.84. The first-order valence-electron chi connectivity index (χ1n) is 16.4. The molecule has 1 aliphatic rings. The molecule has 0 fully saturated rings. The molecular weight excluding hydrogens is 630 g/mol. The van der Waals surface area contributed by atoms with Crippen molar-refractivity contribution >= 4 is 34.6 Å². The number of ether oxygens (including phenoxy) is 2. The summed E-state index contributed by atoms with van der Waals surface area (Å²) in [6.07, 6.45) is 1.28. The molecule has 11 heteroatoms. The Morgan fingerprint density at radius 3 is 1.38 bits per heavy atom. The summed E-state index contributed by atoms with van der Waals surface area (Å²) in [5.41, 5.74) is 6.66. The highest BCUT2D eigenvalue weighted by molar-refractivity contribution is 5.98. The van der Waals surface area contributed by atoms with Gasteiger partial charge in [-0.3, -0.25) is 14.6 Å². The molecule has 2 bridgehead atoms. The summed E-state index contributed by atoms with van der Waals surface area (Å²) in [6.45, 7) is 5.05. The van der Waals surface area contributed by atoms with Crippen LogP contribution in [0.15, 0.2) is 124 Å². The van der Waals surface area contributed by atoms with Gasteiger partial charge in [0.05, 0.1) is 45.3 Å². The summed E-state index contributed by atoms with van der Waals surface area (Å²) < 4.78 is 12.3. The second-order valence-corrected chi connectivity index (χ2v) is 11.8. The van der Waals surface area contributed by atoms with Gasteiger partial charge in [0.1, 0.15) is 24.7 Å². The van der Waals surface area contributed by atoms with E-state index in [0.29, 0.717) is 82.7 Å². The molecule has 2 amide bonds. The van der Waals surface area contributed by atoms with Crippen molar-refractivity contribution in [2.45, 2.75) is 39.9 Å². The monoisotopic (exact) mass is 667 g/mol. The molecule has 50 heavy (non-hydrogen) atoms. The van der Waals surface area contributed by atoms with Crippen molar-refractivity contribution in [3.05, 3.63) is 137 Å². The number of pyridine rings is 1. The van der Waals surface area contributed by atoms with E-state index in [0.717, 1.165) is 11.1 Å². The summed E-state index contributed by atoms with van der Waals surface area (Å²) in [4.78, 5) is 31.5. The fraction of sp³-hybridized carbons (Fsp3) is 0.205. The van der Waals surface area contributed by atoms with E-state index in [9.17, 15) is 9.59 Å². The van der Waals surface area contributed by atoms with Crippen molar-refractivity contribution in [2.75, 3.05) is 13.1 Å². The van der Waals surface area contributed by atoms with Crippen LogP contribution in [0.1, 0.15) is 56.1 Å². The maximum atomic E-state index is 13.4. The Hall–Kier alpha value is -6.23. The zero-order chi connectivity index (χ0) is 34.7. The highest BCUT2D eigenvalue weighted by atomic mass is 16.5. The number of nitrogens with zero attached hydrogens (tertiary/aromatic N) is 5. The third-order valence-electron chi connectivity index (χ3n) is 7.84. The van der Waals surface area contributed by atoms with Crippen LogP contribution in [0.2, 0.25) is 0 Å². The van der Waals surface area contributed by atoms with Crippen molar-refractivity contribution in [2.24, 2.45) is 20.5 Å². The van der Waals surface area contributed by atoms with E-state index in [2.05, 4.69) is 36.1 Å². The molecule has 2 heterocycles. The molecule has 5 aromatic rings. The van der Waals surface area contributed by atoms with E-state index in [1.54, 1.807) is 36.4 Å². The number of amides is 2. The average Bonchev–Trinajstić information content (AvgIpc) is 3.14. The standard InChI is InChI=1S/C39H37N7O4/c1-26-8-12-28(13-9-26)43-45-30-16-18-36-34(22-30)38(47)40-20-3-4-21-41-39(48)35-23-31(46-44-29-14-10-27(2)11-15-29)17-19-37(35)50-25-33-7-5-6-32(42-33)24-49-36/h5-19,22-23H,3-4,20-21,24-25H2,1-2H3,(H,40,47)(H,41,48). The molecule has 252 valence electrons.